The number of hydrogen-bond acceptors (Lipinski definition) is 4. The molecule has 0 amide bonds. The summed E-state index contributed by atoms with van der Waals surface area (Å²) in [7, 11) is 0. The zero-order chi connectivity index (χ0) is 33.0. The Kier molecular flexibility index (Phi) is 6.42. The van der Waals surface area contributed by atoms with Crippen LogP contribution in [0.5, 0.6) is 0 Å². The Morgan fingerprint density at radius 1 is 0.400 bits per heavy atom. The zero-order valence-corrected chi connectivity index (χ0v) is 26.9. The fourth-order valence-electron chi connectivity index (χ4n) is 7.15. The molecule has 0 bridgehead atoms. The van der Waals surface area contributed by atoms with Crippen LogP contribution >= 0.6 is 0 Å². The summed E-state index contributed by atoms with van der Waals surface area (Å²) in [6, 6.07) is 58.5. The first-order valence-corrected chi connectivity index (χ1v) is 16.7. The standard InChI is InChI=1S/C45H28N4O/c1-4-14-29(15-5-1)36-28-32(45-47-43(30-16-6-2-7-17-30)46-44(48-45)31-18-8-3-9-19-31)24-26-38(36)49-37-22-12-10-21-35(37)41-39(49)27-25-34-33-20-11-13-23-40(33)50-42(34)41/h1-28H. The second-order valence-corrected chi connectivity index (χ2v) is 12.4. The third-order valence-electron chi connectivity index (χ3n) is 9.46. The lowest BCUT2D eigenvalue weighted by Crippen LogP contribution is -2.02. The molecule has 0 radical (unpaired) electrons. The molecule has 0 unspecified atom stereocenters. The molecule has 5 heteroatoms. The van der Waals surface area contributed by atoms with E-state index >= 15 is 0 Å². The van der Waals surface area contributed by atoms with Crippen LogP contribution in [0.1, 0.15) is 0 Å². The van der Waals surface area contributed by atoms with Gasteiger partial charge in [0.15, 0.2) is 17.5 Å². The summed E-state index contributed by atoms with van der Waals surface area (Å²) in [6.07, 6.45) is 0. The van der Waals surface area contributed by atoms with Crippen LogP contribution in [0.3, 0.4) is 0 Å². The smallest absolute Gasteiger partial charge is 0.164 e. The van der Waals surface area contributed by atoms with E-state index in [-0.39, 0.29) is 0 Å². The lowest BCUT2D eigenvalue weighted by atomic mass is 10.00. The monoisotopic (exact) mass is 640 g/mol. The Labute approximate surface area is 287 Å². The summed E-state index contributed by atoms with van der Waals surface area (Å²) in [5, 5.41) is 4.49. The van der Waals surface area contributed by atoms with Gasteiger partial charge in [0.05, 0.1) is 22.1 Å². The van der Waals surface area contributed by atoms with Crippen molar-refractivity contribution in [2.24, 2.45) is 0 Å². The van der Waals surface area contributed by atoms with Crippen molar-refractivity contribution in [3.05, 3.63) is 170 Å². The van der Waals surface area contributed by atoms with E-state index in [0.717, 1.165) is 77.2 Å². The van der Waals surface area contributed by atoms with Gasteiger partial charge in [-0.2, -0.15) is 0 Å². The number of hydrogen-bond donors (Lipinski definition) is 0. The normalized spacial score (nSPS) is 11.6. The van der Waals surface area contributed by atoms with Gasteiger partial charge < -0.3 is 8.98 Å². The van der Waals surface area contributed by atoms with E-state index in [1.54, 1.807) is 0 Å². The van der Waals surface area contributed by atoms with Gasteiger partial charge in [0.1, 0.15) is 11.2 Å². The SMILES string of the molecule is c1ccc(-c2nc(-c3ccccc3)nc(-c3ccc(-n4c5ccccc5c5c6oc7ccccc7c6ccc54)c(-c4ccccc4)c3)n2)cc1. The van der Waals surface area contributed by atoms with E-state index in [4.69, 9.17) is 19.4 Å². The van der Waals surface area contributed by atoms with Crippen LogP contribution in [-0.2, 0) is 0 Å². The topological polar surface area (TPSA) is 56.7 Å². The molecule has 3 heterocycles. The Balaban J connectivity index is 1.24. The van der Waals surface area contributed by atoms with Gasteiger partial charge in [0.2, 0.25) is 0 Å². The molecule has 0 saturated carbocycles. The maximum absolute atomic E-state index is 6.57. The highest BCUT2D eigenvalue weighted by Gasteiger charge is 2.21. The predicted molar refractivity (Wildman–Crippen MR) is 203 cm³/mol. The summed E-state index contributed by atoms with van der Waals surface area (Å²) in [4.78, 5) is 15.0. The number of benzene rings is 7. The highest BCUT2D eigenvalue weighted by molar-refractivity contribution is 6.24. The summed E-state index contributed by atoms with van der Waals surface area (Å²) in [5.74, 6) is 1.89. The summed E-state index contributed by atoms with van der Waals surface area (Å²) >= 11 is 0. The molecule has 7 aromatic carbocycles. The molecule has 10 aromatic rings. The van der Waals surface area contributed by atoms with E-state index in [0.29, 0.717) is 17.5 Å². The van der Waals surface area contributed by atoms with Crippen LogP contribution in [0.25, 0.3) is 94.7 Å². The van der Waals surface area contributed by atoms with E-state index in [1.807, 2.05) is 72.8 Å². The first-order chi connectivity index (χ1) is 24.8. The highest BCUT2D eigenvalue weighted by Crippen LogP contribution is 2.42. The minimum Gasteiger partial charge on any atom is -0.455 e. The molecule has 5 nitrogen and oxygen atoms in total. The van der Waals surface area contributed by atoms with Crippen molar-refractivity contribution in [2.75, 3.05) is 0 Å². The van der Waals surface area contributed by atoms with Crippen molar-refractivity contribution in [3.8, 4) is 51.0 Å². The van der Waals surface area contributed by atoms with Gasteiger partial charge >= 0.3 is 0 Å². The van der Waals surface area contributed by atoms with E-state index in [9.17, 15) is 0 Å². The average molecular weight is 641 g/mol. The van der Waals surface area contributed by atoms with Gasteiger partial charge in [-0.15, -0.1) is 0 Å². The van der Waals surface area contributed by atoms with Crippen molar-refractivity contribution in [2.45, 2.75) is 0 Å². The van der Waals surface area contributed by atoms with E-state index in [2.05, 4.69) is 102 Å². The molecule has 3 aromatic heterocycles. The largest absolute Gasteiger partial charge is 0.455 e. The van der Waals surface area contributed by atoms with E-state index < -0.39 is 0 Å². The number of fused-ring (bicyclic) bond motifs is 7. The van der Waals surface area contributed by atoms with Crippen molar-refractivity contribution in [3.63, 3.8) is 0 Å². The number of aromatic nitrogens is 4. The zero-order valence-electron chi connectivity index (χ0n) is 26.9. The molecule has 0 N–H and O–H groups in total. The highest BCUT2D eigenvalue weighted by atomic mass is 16.3. The van der Waals surface area contributed by atoms with Gasteiger partial charge in [0.25, 0.3) is 0 Å². The van der Waals surface area contributed by atoms with Crippen LogP contribution in [0.2, 0.25) is 0 Å². The molecule has 0 spiro atoms. The van der Waals surface area contributed by atoms with Gasteiger partial charge in [-0.1, -0.05) is 127 Å². The molecule has 0 atom stereocenters. The van der Waals surface area contributed by atoms with Gasteiger partial charge in [-0.25, -0.2) is 15.0 Å². The predicted octanol–water partition coefficient (Wildman–Crippen LogP) is 11.5. The van der Waals surface area contributed by atoms with Gasteiger partial charge in [-0.3, -0.25) is 0 Å². The van der Waals surface area contributed by atoms with Crippen molar-refractivity contribution < 1.29 is 4.42 Å². The lowest BCUT2D eigenvalue weighted by molar-refractivity contribution is 0.673. The van der Waals surface area contributed by atoms with Gasteiger partial charge in [0, 0.05) is 38.4 Å². The number of rotatable bonds is 5. The third-order valence-corrected chi connectivity index (χ3v) is 9.46. The molecule has 10 rings (SSSR count). The summed E-state index contributed by atoms with van der Waals surface area (Å²) in [6.45, 7) is 0. The number of furan rings is 1. The lowest BCUT2D eigenvalue weighted by Gasteiger charge is -2.16. The Hall–Kier alpha value is -6.85. The van der Waals surface area contributed by atoms with Crippen molar-refractivity contribution >= 4 is 43.7 Å². The van der Waals surface area contributed by atoms with Crippen LogP contribution in [0.4, 0.5) is 0 Å². The number of nitrogens with zero attached hydrogens (tertiary/aromatic N) is 4. The third kappa shape index (κ3) is 4.52. The first kappa shape index (κ1) is 28.2. The maximum atomic E-state index is 6.57. The molecule has 234 valence electrons. The summed E-state index contributed by atoms with van der Waals surface area (Å²) in [5.41, 5.74) is 10.0. The van der Waals surface area contributed by atoms with Crippen LogP contribution < -0.4 is 0 Å². The average Bonchev–Trinajstić information content (AvgIpc) is 3.74. The van der Waals surface area contributed by atoms with E-state index in [1.165, 1.54) is 0 Å². The Morgan fingerprint density at radius 3 is 1.64 bits per heavy atom. The Bertz CT molecular complexity index is 2800. The molecule has 0 saturated heterocycles. The van der Waals surface area contributed by atoms with Crippen LogP contribution in [-0.4, -0.2) is 19.5 Å². The molecular weight excluding hydrogens is 613 g/mol. The quantitative estimate of drug-likeness (QED) is 0.188. The maximum Gasteiger partial charge on any atom is 0.164 e. The molecule has 50 heavy (non-hydrogen) atoms. The minimum atomic E-state index is 0.618. The summed E-state index contributed by atoms with van der Waals surface area (Å²) < 4.78 is 8.94. The van der Waals surface area contributed by atoms with Crippen molar-refractivity contribution in [1.82, 2.24) is 19.5 Å². The molecule has 0 fully saturated rings. The first-order valence-electron chi connectivity index (χ1n) is 16.7. The second kappa shape index (κ2) is 11.4. The fourth-order valence-corrected chi connectivity index (χ4v) is 7.15. The minimum absolute atomic E-state index is 0.618. The Morgan fingerprint density at radius 2 is 0.960 bits per heavy atom. The molecule has 0 aliphatic rings. The fraction of sp³-hybridized carbons (Fsp3) is 0. The molecule has 0 aliphatic heterocycles. The van der Waals surface area contributed by atoms with Crippen LogP contribution in [0, 0.1) is 0 Å². The van der Waals surface area contributed by atoms with Crippen molar-refractivity contribution in [1.29, 1.82) is 0 Å². The van der Waals surface area contributed by atoms with Crippen LogP contribution in [0.15, 0.2) is 174 Å². The molecular formula is C45H28N4O. The molecule has 0 aliphatic carbocycles. The van der Waals surface area contributed by atoms with Gasteiger partial charge in [-0.05, 0) is 48.0 Å². The number of para-hydroxylation sites is 2. The second-order valence-electron chi connectivity index (χ2n) is 12.4.